The van der Waals surface area contributed by atoms with Crippen LogP contribution in [0.5, 0.6) is 0 Å². The van der Waals surface area contributed by atoms with Gasteiger partial charge in [0.05, 0.1) is 5.56 Å². The molecule has 112 valence electrons. The first-order chi connectivity index (χ1) is 9.63. The molecule has 0 atom stereocenters. The molecular weight excluding hydrogens is 250 g/mol. The highest BCUT2D eigenvalue weighted by Crippen LogP contribution is 2.10. The van der Waals surface area contributed by atoms with E-state index in [2.05, 4.69) is 6.92 Å². The molecule has 1 aromatic rings. The molecule has 0 aliphatic carbocycles. The number of nitrogens with zero attached hydrogens (tertiary/aromatic N) is 1. The summed E-state index contributed by atoms with van der Waals surface area (Å²) in [5, 5.41) is 0. The van der Waals surface area contributed by atoms with Gasteiger partial charge in [0.15, 0.2) is 0 Å². The molecule has 0 aliphatic rings. The minimum Gasteiger partial charge on any atom is -0.461 e. The summed E-state index contributed by atoms with van der Waals surface area (Å²) in [6.07, 6.45) is 6.16. The normalized spacial score (nSPS) is 10.8. The van der Waals surface area contributed by atoms with E-state index >= 15 is 0 Å². The van der Waals surface area contributed by atoms with Gasteiger partial charge in [-0.05, 0) is 44.6 Å². The third-order valence-electron chi connectivity index (χ3n) is 3.28. The first-order valence-electron chi connectivity index (χ1n) is 7.54. The van der Waals surface area contributed by atoms with E-state index in [1.807, 2.05) is 43.3 Å². The lowest BCUT2D eigenvalue weighted by Gasteiger charge is -2.10. The molecule has 0 aliphatic heterocycles. The van der Waals surface area contributed by atoms with E-state index in [0.29, 0.717) is 12.2 Å². The zero-order valence-corrected chi connectivity index (χ0v) is 13.0. The van der Waals surface area contributed by atoms with Crippen LogP contribution in [-0.2, 0) is 11.2 Å². The Hall–Kier alpha value is -1.35. The number of rotatable bonds is 9. The molecule has 0 fully saturated rings. The minimum atomic E-state index is -0.232. The van der Waals surface area contributed by atoms with Crippen molar-refractivity contribution in [2.45, 2.75) is 39.0 Å². The van der Waals surface area contributed by atoms with Crippen molar-refractivity contribution in [3.63, 3.8) is 0 Å². The van der Waals surface area contributed by atoms with Gasteiger partial charge in [-0.25, -0.2) is 4.79 Å². The molecular formula is C17H27NO2. The molecule has 0 aromatic heterocycles. The summed E-state index contributed by atoms with van der Waals surface area (Å²) in [5.41, 5.74) is 1.94. The van der Waals surface area contributed by atoms with E-state index in [9.17, 15) is 4.79 Å². The summed E-state index contributed by atoms with van der Waals surface area (Å²) < 4.78 is 5.21. The SMILES string of the molecule is CCCCCCc1ccc(C(=O)OCCN(C)C)cc1. The molecule has 0 bridgehead atoms. The quantitative estimate of drug-likeness (QED) is 0.511. The zero-order valence-electron chi connectivity index (χ0n) is 13.0. The van der Waals surface area contributed by atoms with Crippen LogP contribution in [0.1, 0.15) is 48.5 Å². The average Bonchev–Trinajstić information content (AvgIpc) is 2.44. The first-order valence-corrected chi connectivity index (χ1v) is 7.54. The van der Waals surface area contributed by atoms with Crippen molar-refractivity contribution in [3.8, 4) is 0 Å². The number of unbranched alkanes of at least 4 members (excludes halogenated alkanes) is 3. The summed E-state index contributed by atoms with van der Waals surface area (Å²) in [6.45, 7) is 3.41. The van der Waals surface area contributed by atoms with Gasteiger partial charge < -0.3 is 9.64 Å². The van der Waals surface area contributed by atoms with Crippen LogP contribution in [0.25, 0.3) is 0 Å². The van der Waals surface area contributed by atoms with Crippen molar-refractivity contribution >= 4 is 5.97 Å². The third kappa shape index (κ3) is 6.71. The fourth-order valence-electron chi connectivity index (χ4n) is 1.97. The molecule has 3 heteroatoms. The monoisotopic (exact) mass is 277 g/mol. The number of hydrogen-bond donors (Lipinski definition) is 0. The van der Waals surface area contributed by atoms with E-state index in [4.69, 9.17) is 4.74 Å². The molecule has 0 unspecified atom stereocenters. The number of aryl methyl sites for hydroxylation is 1. The molecule has 0 N–H and O–H groups in total. The van der Waals surface area contributed by atoms with Crippen LogP contribution in [0.4, 0.5) is 0 Å². The van der Waals surface area contributed by atoms with Crippen molar-refractivity contribution in [3.05, 3.63) is 35.4 Å². The van der Waals surface area contributed by atoms with Crippen molar-refractivity contribution in [1.29, 1.82) is 0 Å². The second kappa shape index (κ2) is 9.54. The number of esters is 1. The minimum absolute atomic E-state index is 0.232. The number of carbonyl (C=O) groups is 1. The van der Waals surface area contributed by atoms with Gasteiger partial charge in [-0.2, -0.15) is 0 Å². The van der Waals surface area contributed by atoms with Crippen LogP contribution in [0.15, 0.2) is 24.3 Å². The van der Waals surface area contributed by atoms with Crippen LogP contribution in [0, 0.1) is 0 Å². The standard InChI is InChI=1S/C17H27NO2/c1-4-5-6-7-8-15-9-11-16(12-10-15)17(19)20-14-13-18(2)3/h9-12H,4-8,13-14H2,1-3H3. The summed E-state index contributed by atoms with van der Waals surface area (Å²) in [7, 11) is 3.92. The van der Waals surface area contributed by atoms with Gasteiger partial charge in [0.1, 0.15) is 6.61 Å². The topological polar surface area (TPSA) is 29.5 Å². The Bertz CT molecular complexity index is 384. The maximum absolute atomic E-state index is 11.8. The maximum atomic E-state index is 11.8. The molecule has 20 heavy (non-hydrogen) atoms. The second-order valence-electron chi connectivity index (χ2n) is 5.45. The molecule has 0 amide bonds. The number of hydrogen-bond acceptors (Lipinski definition) is 3. The van der Waals surface area contributed by atoms with Crippen LogP contribution < -0.4 is 0 Å². The Morgan fingerprint density at radius 3 is 2.40 bits per heavy atom. The maximum Gasteiger partial charge on any atom is 0.338 e. The van der Waals surface area contributed by atoms with E-state index < -0.39 is 0 Å². The van der Waals surface area contributed by atoms with Gasteiger partial charge in [-0.1, -0.05) is 38.3 Å². The van der Waals surface area contributed by atoms with Gasteiger partial charge in [0.2, 0.25) is 0 Å². The number of likely N-dealkylation sites (N-methyl/N-ethyl adjacent to an activating group) is 1. The highest BCUT2D eigenvalue weighted by molar-refractivity contribution is 5.89. The predicted molar refractivity (Wildman–Crippen MR) is 83.1 cm³/mol. The molecule has 0 saturated carbocycles. The summed E-state index contributed by atoms with van der Waals surface area (Å²) in [4.78, 5) is 13.8. The molecule has 0 radical (unpaired) electrons. The molecule has 3 nitrogen and oxygen atoms in total. The Labute approximate surface area is 122 Å². The third-order valence-corrected chi connectivity index (χ3v) is 3.28. The largest absolute Gasteiger partial charge is 0.461 e. The molecule has 0 heterocycles. The number of carbonyl (C=O) groups excluding carboxylic acids is 1. The van der Waals surface area contributed by atoms with Gasteiger partial charge >= 0.3 is 5.97 Å². The first kappa shape index (κ1) is 16.7. The highest BCUT2D eigenvalue weighted by atomic mass is 16.5. The van der Waals surface area contributed by atoms with Gasteiger partial charge in [0.25, 0.3) is 0 Å². The van der Waals surface area contributed by atoms with E-state index in [0.717, 1.165) is 13.0 Å². The van der Waals surface area contributed by atoms with Gasteiger partial charge in [-0.15, -0.1) is 0 Å². The Morgan fingerprint density at radius 2 is 1.80 bits per heavy atom. The predicted octanol–water partition coefficient (Wildman–Crippen LogP) is 3.53. The highest BCUT2D eigenvalue weighted by Gasteiger charge is 2.06. The lowest BCUT2D eigenvalue weighted by atomic mass is 10.0. The fourth-order valence-corrected chi connectivity index (χ4v) is 1.97. The lowest BCUT2D eigenvalue weighted by Crippen LogP contribution is -2.20. The molecule has 1 aromatic carbocycles. The van der Waals surface area contributed by atoms with Crippen molar-refractivity contribution < 1.29 is 9.53 Å². The lowest BCUT2D eigenvalue weighted by molar-refractivity contribution is 0.0482. The van der Waals surface area contributed by atoms with Crippen LogP contribution in [0.2, 0.25) is 0 Å². The average molecular weight is 277 g/mol. The zero-order chi connectivity index (χ0) is 14.8. The Kier molecular flexibility index (Phi) is 7.97. The van der Waals surface area contributed by atoms with E-state index in [1.54, 1.807) is 0 Å². The van der Waals surface area contributed by atoms with Crippen molar-refractivity contribution in [1.82, 2.24) is 4.90 Å². The van der Waals surface area contributed by atoms with Crippen LogP contribution >= 0.6 is 0 Å². The second-order valence-corrected chi connectivity index (χ2v) is 5.45. The Balaban J connectivity index is 2.35. The molecule has 1 rings (SSSR count). The van der Waals surface area contributed by atoms with E-state index in [1.165, 1.54) is 31.2 Å². The molecule has 0 saturated heterocycles. The summed E-state index contributed by atoms with van der Waals surface area (Å²) in [6, 6.07) is 7.81. The summed E-state index contributed by atoms with van der Waals surface area (Å²) >= 11 is 0. The van der Waals surface area contributed by atoms with E-state index in [-0.39, 0.29) is 5.97 Å². The van der Waals surface area contributed by atoms with Crippen molar-refractivity contribution in [2.24, 2.45) is 0 Å². The number of benzene rings is 1. The van der Waals surface area contributed by atoms with Crippen LogP contribution in [0.3, 0.4) is 0 Å². The van der Waals surface area contributed by atoms with Gasteiger partial charge in [0, 0.05) is 6.54 Å². The Morgan fingerprint density at radius 1 is 1.10 bits per heavy atom. The van der Waals surface area contributed by atoms with Crippen LogP contribution in [-0.4, -0.2) is 38.1 Å². The van der Waals surface area contributed by atoms with Crippen molar-refractivity contribution in [2.75, 3.05) is 27.2 Å². The summed E-state index contributed by atoms with van der Waals surface area (Å²) in [5.74, 6) is -0.232. The van der Waals surface area contributed by atoms with Gasteiger partial charge in [-0.3, -0.25) is 0 Å². The number of ether oxygens (including phenoxy) is 1. The smallest absolute Gasteiger partial charge is 0.338 e. The fraction of sp³-hybridized carbons (Fsp3) is 0.588. The molecule has 0 spiro atoms.